The molecule has 2 aromatic rings. The van der Waals surface area contributed by atoms with Crippen molar-refractivity contribution >= 4 is 24.3 Å². The molecule has 1 aromatic heterocycles. The van der Waals surface area contributed by atoms with Crippen LogP contribution in [0.3, 0.4) is 0 Å². The third-order valence-corrected chi connectivity index (χ3v) is 4.82. The first-order valence-corrected chi connectivity index (χ1v) is 7.99. The highest BCUT2D eigenvalue weighted by molar-refractivity contribution is 7.65. The lowest BCUT2D eigenvalue weighted by Gasteiger charge is -2.22. The smallest absolute Gasteiger partial charge is 0.346 e. The van der Waals surface area contributed by atoms with Crippen molar-refractivity contribution in [3.63, 3.8) is 0 Å². The molecule has 1 aliphatic rings. The van der Waals surface area contributed by atoms with Gasteiger partial charge in [-0.3, -0.25) is 9.36 Å². The monoisotopic (exact) mass is 320 g/mol. The van der Waals surface area contributed by atoms with Crippen molar-refractivity contribution < 1.29 is 14.6 Å². The van der Waals surface area contributed by atoms with Crippen LogP contribution in [0.2, 0.25) is 0 Å². The second kappa shape index (κ2) is 4.79. The number of fused-ring (bicyclic) bond motifs is 1. The molecule has 0 saturated heterocycles. The van der Waals surface area contributed by atoms with Gasteiger partial charge in [-0.25, -0.2) is 4.68 Å². The fourth-order valence-electron chi connectivity index (χ4n) is 2.26. The first-order chi connectivity index (χ1) is 10.3. The topological polar surface area (TPSA) is 117 Å². The zero-order valence-electron chi connectivity index (χ0n) is 11.8. The summed E-state index contributed by atoms with van der Waals surface area (Å²) in [5, 5.41) is 16.9. The average molecular weight is 320 g/mol. The Bertz CT molecular complexity index is 919. The maximum Gasteiger partial charge on any atom is 0.346 e. The zero-order valence-corrected chi connectivity index (χ0v) is 12.7. The summed E-state index contributed by atoms with van der Waals surface area (Å²) in [6.45, 7) is 1.52. The Morgan fingerprint density at radius 1 is 1.32 bits per heavy atom. The van der Waals surface area contributed by atoms with Gasteiger partial charge in [-0.2, -0.15) is 9.86 Å². The Labute approximate surface area is 125 Å². The number of aromatic hydroxyl groups is 1. The van der Waals surface area contributed by atoms with E-state index in [1.54, 1.807) is 18.2 Å². The third kappa shape index (κ3) is 2.13. The molecule has 1 aliphatic heterocycles. The lowest BCUT2D eigenvalue weighted by Crippen LogP contribution is -2.33. The average Bonchev–Trinajstić information content (AvgIpc) is 2.45. The minimum absolute atomic E-state index is 0.145. The Morgan fingerprint density at radius 2 is 2.00 bits per heavy atom. The second-order valence-corrected chi connectivity index (χ2v) is 6.64. The van der Waals surface area contributed by atoms with Gasteiger partial charge in [0.2, 0.25) is 0 Å². The molecule has 0 bridgehead atoms. The van der Waals surface area contributed by atoms with Crippen molar-refractivity contribution in [2.45, 2.75) is 6.92 Å². The van der Waals surface area contributed by atoms with Crippen LogP contribution in [-0.2, 0) is 11.6 Å². The SMILES string of the molecule is Cc1nn(C)c(=O)c(C2=NP(=O)(O)c3ccccc3N2)c1O. The zero-order chi connectivity index (χ0) is 16.1. The lowest BCUT2D eigenvalue weighted by atomic mass is 10.2. The van der Waals surface area contributed by atoms with Crippen molar-refractivity contribution in [3.05, 3.63) is 45.9 Å². The summed E-state index contributed by atoms with van der Waals surface area (Å²) in [7, 11) is -2.60. The molecule has 1 unspecified atom stereocenters. The highest BCUT2D eigenvalue weighted by Crippen LogP contribution is 2.46. The minimum atomic E-state index is -4.02. The van der Waals surface area contributed by atoms with Gasteiger partial charge in [0.25, 0.3) is 5.56 Å². The summed E-state index contributed by atoms with van der Waals surface area (Å²) in [6.07, 6.45) is 0. The predicted molar refractivity (Wildman–Crippen MR) is 81.9 cm³/mol. The molecule has 0 spiro atoms. The molecule has 3 rings (SSSR count). The number of aromatic nitrogens is 2. The predicted octanol–water partition coefficient (Wildman–Crippen LogP) is 0.477. The van der Waals surface area contributed by atoms with E-state index >= 15 is 0 Å². The number of hydrogen-bond acceptors (Lipinski definition) is 5. The van der Waals surface area contributed by atoms with E-state index in [9.17, 15) is 19.4 Å². The Balaban J connectivity index is 2.27. The van der Waals surface area contributed by atoms with Crippen molar-refractivity contribution in [1.82, 2.24) is 9.78 Å². The summed E-state index contributed by atoms with van der Waals surface area (Å²) in [4.78, 5) is 22.3. The Hall–Kier alpha value is -2.44. The van der Waals surface area contributed by atoms with Gasteiger partial charge < -0.3 is 15.3 Å². The van der Waals surface area contributed by atoms with E-state index in [-0.39, 0.29) is 28.1 Å². The van der Waals surface area contributed by atoms with E-state index in [0.29, 0.717) is 5.69 Å². The van der Waals surface area contributed by atoms with Crippen molar-refractivity contribution in [2.24, 2.45) is 11.8 Å². The number of hydrogen-bond donors (Lipinski definition) is 3. The van der Waals surface area contributed by atoms with Crippen molar-refractivity contribution in [3.8, 4) is 5.75 Å². The van der Waals surface area contributed by atoms with Crippen LogP contribution in [0.25, 0.3) is 0 Å². The molecule has 22 heavy (non-hydrogen) atoms. The first-order valence-electron chi connectivity index (χ1n) is 6.38. The maximum absolute atomic E-state index is 12.4. The van der Waals surface area contributed by atoms with E-state index in [2.05, 4.69) is 15.2 Å². The van der Waals surface area contributed by atoms with Gasteiger partial charge in [0, 0.05) is 7.05 Å². The summed E-state index contributed by atoms with van der Waals surface area (Å²) < 4.78 is 17.1. The van der Waals surface area contributed by atoms with Crippen LogP contribution in [0.1, 0.15) is 11.3 Å². The molecule has 2 heterocycles. The molecule has 0 saturated carbocycles. The molecule has 0 radical (unpaired) electrons. The molecule has 1 aromatic carbocycles. The quantitative estimate of drug-likeness (QED) is 0.658. The number of para-hydroxylation sites is 1. The second-order valence-electron chi connectivity index (χ2n) is 4.87. The van der Waals surface area contributed by atoms with Crippen LogP contribution >= 0.6 is 7.52 Å². The highest BCUT2D eigenvalue weighted by atomic mass is 31.2. The molecule has 114 valence electrons. The number of nitrogens with zero attached hydrogens (tertiary/aromatic N) is 3. The number of aryl methyl sites for hydroxylation is 2. The van der Waals surface area contributed by atoms with E-state index in [0.717, 1.165) is 4.68 Å². The molecule has 9 heteroatoms. The summed E-state index contributed by atoms with van der Waals surface area (Å²) in [5.74, 6) is -0.512. The summed E-state index contributed by atoms with van der Waals surface area (Å²) in [6, 6.07) is 6.39. The van der Waals surface area contributed by atoms with Gasteiger partial charge in [-0.05, 0) is 19.1 Å². The van der Waals surface area contributed by atoms with E-state index in [4.69, 9.17) is 0 Å². The molecule has 0 fully saturated rings. The molecule has 1 atom stereocenters. The van der Waals surface area contributed by atoms with Crippen LogP contribution in [0, 0.1) is 6.92 Å². The van der Waals surface area contributed by atoms with Crippen LogP contribution in [-0.4, -0.2) is 25.6 Å². The summed E-state index contributed by atoms with van der Waals surface area (Å²) in [5.41, 5.74) is -0.213. The molecule has 0 amide bonds. The molecule has 8 nitrogen and oxygen atoms in total. The Morgan fingerprint density at radius 3 is 2.73 bits per heavy atom. The van der Waals surface area contributed by atoms with Crippen molar-refractivity contribution in [2.75, 3.05) is 5.32 Å². The highest BCUT2D eigenvalue weighted by Gasteiger charge is 2.32. The number of rotatable bonds is 1. The van der Waals surface area contributed by atoms with Gasteiger partial charge in [0.15, 0.2) is 11.6 Å². The van der Waals surface area contributed by atoms with Crippen molar-refractivity contribution in [1.29, 1.82) is 0 Å². The van der Waals surface area contributed by atoms with Gasteiger partial charge in [-0.1, -0.05) is 12.1 Å². The minimum Gasteiger partial charge on any atom is -0.505 e. The number of nitrogens with one attached hydrogen (secondary N) is 1. The standard InChI is InChI=1S/C13H13N4O4P/c1-7-11(18)10(13(19)17(2)15-7)12-14-8-5-3-4-6-9(8)22(20,21)16-12/h3-6,18H,1-2H3,(H2,14,16,20,21). The van der Waals surface area contributed by atoms with Crippen LogP contribution in [0.4, 0.5) is 5.69 Å². The number of amidine groups is 1. The normalized spacial score (nSPS) is 20.0. The van der Waals surface area contributed by atoms with Gasteiger partial charge in [-0.15, -0.1) is 0 Å². The third-order valence-electron chi connectivity index (χ3n) is 3.33. The summed E-state index contributed by atoms with van der Waals surface area (Å²) >= 11 is 0. The van der Waals surface area contributed by atoms with Gasteiger partial charge >= 0.3 is 7.52 Å². The molecule has 0 aliphatic carbocycles. The fraction of sp³-hybridized carbons (Fsp3) is 0.154. The van der Waals surface area contributed by atoms with Gasteiger partial charge in [0.1, 0.15) is 11.3 Å². The van der Waals surface area contributed by atoms with Crippen LogP contribution in [0.5, 0.6) is 5.75 Å². The van der Waals surface area contributed by atoms with Crippen LogP contribution in [0.15, 0.2) is 33.8 Å². The molecule has 3 N–H and O–H groups in total. The van der Waals surface area contributed by atoms with Gasteiger partial charge in [0.05, 0.1) is 11.0 Å². The maximum atomic E-state index is 12.4. The largest absolute Gasteiger partial charge is 0.505 e. The van der Waals surface area contributed by atoms with E-state index < -0.39 is 13.1 Å². The Kier molecular flexibility index (Phi) is 3.16. The van der Waals surface area contributed by atoms with E-state index in [1.807, 2.05) is 0 Å². The molecular weight excluding hydrogens is 307 g/mol. The first kappa shape index (κ1) is 14.5. The number of benzene rings is 1. The number of anilines is 1. The lowest BCUT2D eigenvalue weighted by molar-refractivity contribution is 0.456. The molecular formula is C13H13N4O4P. The fourth-order valence-corrected chi connectivity index (χ4v) is 3.52. The van der Waals surface area contributed by atoms with E-state index in [1.165, 1.54) is 20.0 Å². The van der Waals surface area contributed by atoms with Crippen LogP contribution < -0.4 is 16.2 Å².